The number of hydrogen-bond donors (Lipinski definition) is 3. The second-order valence-corrected chi connectivity index (χ2v) is 6.03. The van der Waals surface area contributed by atoms with Crippen LogP contribution in [0.3, 0.4) is 0 Å². The molecule has 0 saturated heterocycles. The fourth-order valence-electron chi connectivity index (χ4n) is 1.82. The molecule has 0 heterocycles. The molecule has 2 aromatic rings. The Labute approximate surface area is 138 Å². The molecule has 0 aliphatic carbocycles. The quantitative estimate of drug-likeness (QED) is 0.304. The number of amidine groups is 1. The Bertz CT molecular complexity index is 692. The van der Waals surface area contributed by atoms with Crippen LogP contribution >= 0.6 is 31.9 Å². The van der Waals surface area contributed by atoms with Gasteiger partial charge in [-0.3, -0.25) is 0 Å². The predicted octanol–water partition coefficient (Wildman–Crippen LogP) is 4.06. The van der Waals surface area contributed by atoms with Crippen molar-refractivity contribution in [3.63, 3.8) is 0 Å². The van der Waals surface area contributed by atoms with Crippen molar-refractivity contribution in [3.8, 4) is 0 Å². The molecule has 2 aromatic carbocycles. The number of benzene rings is 2. The molecule has 0 atom stereocenters. The second-order valence-electron chi connectivity index (χ2n) is 4.26. The molecular formula is C14H12Br2FN3O. The van der Waals surface area contributed by atoms with Crippen molar-refractivity contribution >= 4 is 43.4 Å². The minimum absolute atomic E-state index is 0.125. The lowest BCUT2D eigenvalue weighted by atomic mass is 10.1. The summed E-state index contributed by atoms with van der Waals surface area (Å²) in [5.74, 6) is -0.566. The molecule has 0 fully saturated rings. The van der Waals surface area contributed by atoms with Gasteiger partial charge in [0, 0.05) is 26.7 Å². The van der Waals surface area contributed by atoms with Crippen molar-refractivity contribution in [2.45, 2.75) is 6.54 Å². The van der Waals surface area contributed by atoms with Crippen molar-refractivity contribution in [2.75, 3.05) is 5.32 Å². The Hall–Kier alpha value is -1.60. The fourth-order valence-corrected chi connectivity index (χ4v) is 2.57. The van der Waals surface area contributed by atoms with Crippen LogP contribution in [0.15, 0.2) is 50.5 Å². The number of hydrogen-bond acceptors (Lipinski definition) is 3. The Morgan fingerprint density at radius 2 is 2.00 bits per heavy atom. The van der Waals surface area contributed by atoms with Crippen LogP contribution in [0.1, 0.15) is 11.1 Å². The smallest absolute Gasteiger partial charge is 0.170 e. The van der Waals surface area contributed by atoms with E-state index in [1.807, 2.05) is 18.2 Å². The molecule has 7 heteroatoms. The molecule has 0 unspecified atom stereocenters. The second kappa shape index (κ2) is 6.91. The summed E-state index contributed by atoms with van der Waals surface area (Å²) in [5.41, 5.74) is 7.53. The lowest BCUT2D eigenvalue weighted by molar-refractivity contribution is 0.318. The number of nitrogens with one attached hydrogen (secondary N) is 1. The van der Waals surface area contributed by atoms with Gasteiger partial charge >= 0.3 is 0 Å². The van der Waals surface area contributed by atoms with Gasteiger partial charge in [0.05, 0.1) is 0 Å². The molecule has 4 nitrogen and oxygen atoms in total. The van der Waals surface area contributed by atoms with E-state index in [1.54, 1.807) is 6.07 Å². The SMILES string of the molecule is NC(=NO)c1cc(F)ccc1CNc1cc(Br)ccc1Br. The summed E-state index contributed by atoms with van der Waals surface area (Å²) in [6, 6.07) is 9.90. The number of rotatable bonds is 4. The van der Waals surface area contributed by atoms with E-state index in [9.17, 15) is 4.39 Å². The number of halogens is 3. The van der Waals surface area contributed by atoms with Gasteiger partial charge in [-0.1, -0.05) is 27.2 Å². The van der Waals surface area contributed by atoms with Gasteiger partial charge in [0.15, 0.2) is 5.84 Å². The summed E-state index contributed by atoms with van der Waals surface area (Å²) in [4.78, 5) is 0. The maximum absolute atomic E-state index is 13.3. The highest BCUT2D eigenvalue weighted by atomic mass is 79.9. The van der Waals surface area contributed by atoms with E-state index in [0.29, 0.717) is 12.1 Å². The molecule has 0 bridgehead atoms. The van der Waals surface area contributed by atoms with Crippen molar-refractivity contribution in [2.24, 2.45) is 10.9 Å². The van der Waals surface area contributed by atoms with E-state index in [2.05, 4.69) is 42.3 Å². The maximum atomic E-state index is 13.3. The third-order valence-electron chi connectivity index (χ3n) is 2.85. The van der Waals surface area contributed by atoms with Gasteiger partial charge in [0.1, 0.15) is 5.82 Å². The third-order valence-corrected chi connectivity index (χ3v) is 4.04. The molecular weight excluding hydrogens is 405 g/mol. The summed E-state index contributed by atoms with van der Waals surface area (Å²) in [6.07, 6.45) is 0. The first-order chi connectivity index (χ1) is 10.0. The monoisotopic (exact) mass is 415 g/mol. The number of nitrogens with zero attached hydrogens (tertiary/aromatic N) is 1. The molecule has 0 spiro atoms. The third kappa shape index (κ3) is 3.95. The first-order valence-corrected chi connectivity index (χ1v) is 7.55. The molecule has 0 aliphatic rings. The van der Waals surface area contributed by atoms with Crippen LogP contribution in [0, 0.1) is 5.82 Å². The Morgan fingerprint density at radius 3 is 2.71 bits per heavy atom. The minimum Gasteiger partial charge on any atom is -0.409 e. The van der Waals surface area contributed by atoms with Crippen molar-refractivity contribution in [1.82, 2.24) is 0 Å². The Morgan fingerprint density at radius 1 is 1.24 bits per heavy atom. The molecule has 0 aromatic heterocycles. The van der Waals surface area contributed by atoms with Crippen LogP contribution in [0.5, 0.6) is 0 Å². The molecule has 110 valence electrons. The van der Waals surface area contributed by atoms with Crippen LogP contribution in [-0.4, -0.2) is 11.0 Å². The van der Waals surface area contributed by atoms with Gasteiger partial charge in [-0.25, -0.2) is 4.39 Å². The summed E-state index contributed by atoms with van der Waals surface area (Å²) in [5, 5.41) is 14.9. The molecule has 2 rings (SSSR count). The lowest BCUT2D eigenvalue weighted by Gasteiger charge is -2.12. The maximum Gasteiger partial charge on any atom is 0.170 e. The highest BCUT2D eigenvalue weighted by molar-refractivity contribution is 9.11. The summed E-state index contributed by atoms with van der Waals surface area (Å²) < 4.78 is 15.1. The van der Waals surface area contributed by atoms with Crippen molar-refractivity contribution < 1.29 is 9.60 Å². The number of anilines is 1. The minimum atomic E-state index is -0.441. The summed E-state index contributed by atoms with van der Waals surface area (Å²) in [7, 11) is 0. The van der Waals surface area contributed by atoms with E-state index < -0.39 is 5.82 Å². The van der Waals surface area contributed by atoms with Crippen LogP contribution in [0.2, 0.25) is 0 Å². The molecule has 0 radical (unpaired) electrons. The molecule has 0 saturated carbocycles. The standard InChI is InChI=1S/C14H12Br2FN3O/c15-9-2-4-12(16)13(5-9)19-7-8-1-3-10(17)6-11(8)14(18)20-21/h1-6,19,21H,7H2,(H2,18,20). The van der Waals surface area contributed by atoms with Gasteiger partial charge in [-0.15, -0.1) is 0 Å². The van der Waals surface area contributed by atoms with Crippen LogP contribution < -0.4 is 11.1 Å². The highest BCUT2D eigenvalue weighted by Crippen LogP contribution is 2.27. The van der Waals surface area contributed by atoms with Crippen molar-refractivity contribution in [1.29, 1.82) is 0 Å². The molecule has 0 amide bonds. The average Bonchev–Trinajstić information content (AvgIpc) is 2.48. The largest absolute Gasteiger partial charge is 0.409 e. The number of nitrogens with two attached hydrogens (primary N) is 1. The Kier molecular flexibility index (Phi) is 5.19. The van der Waals surface area contributed by atoms with Gasteiger partial charge in [-0.05, 0) is 51.8 Å². The zero-order valence-electron chi connectivity index (χ0n) is 10.8. The Balaban J connectivity index is 2.26. The normalized spacial score (nSPS) is 11.5. The molecule has 0 aliphatic heterocycles. The van der Waals surface area contributed by atoms with Crippen molar-refractivity contribution in [3.05, 3.63) is 62.3 Å². The summed E-state index contributed by atoms with van der Waals surface area (Å²) in [6.45, 7) is 0.404. The van der Waals surface area contributed by atoms with E-state index in [-0.39, 0.29) is 5.84 Å². The van der Waals surface area contributed by atoms with E-state index in [4.69, 9.17) is 10.9 Å². The van der Waals surface area contributed by atoms with Gasteiger partial charge in [-0.2, -0.15) is 0 Å². The molecule has 21 heavy (non-hydrogen) atoms. The van der Waals surface area contributed by atoms with E-state index >= 15 is 0 Å². The van der Waals surface area contributed by atoms with Gasteiger partial charge < -0.3 is 16.3 Å². The first-order valence-electron chi connectivity index (χ1n) is 5.96. The zero-order valence-corrected chi connectivity index (χ0v) is 13.9. The lowest BCUT2D eigenvalue weighted by Crippen LogP contribution is -2.17. The number of oxime groups is 1. The highest BCUT2D eigenvalue weighted by Gasteiger charge is 2.09. The van der Waals surface area contributed by atoms with Crippen LogP contribution in [-0.2, 0) is 6.54 Å². The fraction of sp³-hybridized carbons (Fsp3) is 0.0714. The van der Waals surface area contributed by atoms with Gasteiger partial charge in [0.2, 0.25) is 0 Å². The van der Waals surface area contributed by atoms with Crippen LogP contribution in [0.4, 0.5) is 10.1 Å². The predicted molar refractivity (Wildman–Crippen MR) is 88.1 cm³/mol. The van der Waals surface area contributed by atoms with Gasteiger partial charge in [0.25, 0.3) is 0 Å². The average molecular weight is 417 g/mol. The van der Waals surface area contributed by atoms with E-state index in [1.165, 1.54) is 12.1 Å². The molecule has 4 N–H and O–H groups in total. The summed E-state index contributed by atoms with van der Waals surface area (Å²) >= 11 is 6.84. The van der Waals surface area contributed by atoms with E-state index in [0.717, 1.165) is 20.2 Å². The zero-order chi connectivity index (χ0) is 15.4. The topological polar surface area (TPSA) is 70.6 Å². The first kappa shape index (κ1) is 15.8. The van der Waals surface area contributed by atoms with Crippen LogP contribution in [0.25, 0.3) is 0 Å².